The van der Waals surface area contributed by atoms with Crippen molar-refractivity contribution < 1.29 is 4.11 Å². The van der Waals surface area contributed by atoms with Crippen LogP contribution in [0.3, 0.4) is 0 Å². The smallest absolute Gasteiger partial charge is 0.0808 e. The van der Waals surface area contributed by atoms with Crippen molar-refractivity contribution in [2.45, 2.75) is 58.3 Å². The van der Waals surface area contributed by atoms with Crippen molar-refractivity contribution >= 4 is 5.69 Å². The lowest BCUT2D eigenvalue weighted by atomic mass is 10.1. The van der Waals surface area contributed by atoms with Gasteiger partial charge in [-0.1, -0.05) is 30.4 Å². The average Bonchev–Trinajstić information content (AvgIpc) is 2.87. The SMILES string of the molecule is [2H]C([2H])([2H])C1N(c2ccccc2C)[C@@H](C)C2C=CC(C)(C)N21. The zero-order valence-electron chi connectivity index (χ0n) is 15.1. The predicted molar refractivity (Wildman–Crippen MR) is 81.4 cm³/mol. The number of hydrogen-bond acceptors (Lipinski definition) is 2. The Labute approximate surface area is 120 Å². The highest BCUT2D eigenvalue weighted by Gasteiger charge is 2.49. The van der Waals surface area contributed by atoms with E-state index in [-0.39, 0.29) is 17.6 Å². The Hall–Kier alpha value is -1.28. The molecule has 19 heavy (non-hydrogen) atoms. The van der Waals surface area contributed by atoms with E-state index in [1.807, 2.05) is 31.2 Å². The van der Waals surface area contributed by atoms with Crippen molar-refractivity contribution in [2.75, 3.05) is 4.90 Å². The molecule has 2 unspecified atom stereocenters. The number of nitrogens with zero attached hydrogens (tertiary/aromatic N) is 2. The van der Waals surface area contributed by atoms with Crippen LogP contribution in [0.1, 0.15) is 37.3 Å². The van der Waals surface area contributed by atoms with Crippen LogP contribution in [0.2, 0.25) is 0 Å². The van der Waals surface area contributed by atoms with Gasteiger partial charge in [-0.2, -0.15) is 0 Å². The molecule has 0 N–H and O–H groups in total. The van der Waals surface area contributed by atoms with Crippen LogP contribution in [-0.4, -0.2) is 28.7 Å². The number of para-hydroxylation sites is 1. The fourth-order valence-electron chi connectivity index (χ4n) is 3.49. The summed E-state index contributed by atoms with van der Waals surface area (Å²) in [5, 5.41) is 0. The maximum atomic E-state index is 8.12. The molecule has 2 heterocycles. The molecule has 3 rings (SSSR count). The number of aryl methyl sites for hydroxylation is 1. The Kier molecular flexibility index (Phi) is 2.07. The van der Waals surface area contributed by atoms with E-state index in [1.165, 1.54) is 0 Å². The zero-order chi connectivity index (χ0) is 16.3. The Morgan fingerprint density at radius 3 is 2.68 bits per heavy atom. The van der Waals surface area contributed by atoms with E-state index in [1.54, 1.807) is 0 Å². The topological polar surface area (TPSA) is 6.48 Å². The van der Waals surface area contributed by atoms with Crippen LogP contribution in [-0.2, 0) is 0 Å². The average molecular weight is 259 g/mol. The van der Waals surface area contributed by atoms with Gasteiger partial charge in [0, 0.05) is 21.4 Å². The minimum Gasteiger partial charge on any atom is -0.351 e. The summed E-state index contributed by atoms with van der Waals surface area (Å²) in [5.74, 6) is 0. The highest BCUT2D eigenvalue weighted by molar-refractivity contribution is 5.56. The molecule has 1 fully saturated rings. The van der Waals surface area contributed by atoms with Gasteiger partial charge in [0.1, 0.15) is 0 Å². The van der Waals surface area contributed by atoms with Gasteiger partial charge in [-0.25, -0.2) is 0 Å². The van der Waals surface area contributed by atoms with Gasteiger partial charge in [0.05, 0.1) is 12.2 Å². The molecule has 0 spiro atoms. The van der Waals surface area contributed by atoms with Gasteiger partial charge in [0.15, 0.2) is 0 Å². The summed E-state index contributed by atoms with van der Waals surface area (Å²) in [5.41, 5.74) is 1.90. The van der Waals surface area contributed by atoms with E-state index >= 15 is 0 Å². The van der Waals surface area contributed by atoms with Gasteiger partial charge in [-0.3, -0.25) is 4.90 Å². The lowest BCUT2D eigenvalue weighted by Gasteiger charge is -2.37. The molecule has 102 valence electrons. The summed E-state index contributed by atoms with van der Waals surface area (Å²) >= 11 is 0. The Morgan fingerprint density at radius 2 is 2.00 bits per heavy atom. The molecule has 0 saturated carbocycles. The Bertz CT molecular complexity index is 606. The normalized spacial score (nSPS) is 35.9. The third-order valence-electron chi connectivity index (χ3n) is 4.54. The lowest BCUT2D eigenvalue weighted by Crippen LogP contribution is -2.47. The van der Waals surface area contributed by atoms with E-state index in [4.69, 9.17) is 4.11 Å². The van der Waals surface area contributed by atoms with E-state index in [9.17, 15) is 0 Å². The minimum absolute atomic E-state index is 0.129. The molecule has 0 bridgehead atoms. The molecule has 0 aliphatic carbocycles. The number of anilines is 1. The quantitative estimate of drug-likeness (QED) is 0.711. The lowest BCUT2D eigenvalue weighted by molar-refractivity contribution is 0.143. The van der Waals surface area contributed by atoms with Crippen LogP contribution < -0.4 is 4.90 Å². The van der Waals surface area contributed by atoms with Crippen molar-refractivity contribution in [2.24, 2.45) is 0 Å². The Morgan fingerprint density at radius 1 is 1.26 bits per heavy atom. The highest BCUT2D eigenvalue weighted by Crippen LogP contribution is 2.42. The van der Waals surface area contributed by atoms with Crippen LogP contribution in [0, 0.1) is 6.92 Å². The standard InChI is InChI=1S/C17H24N2/c1-12-8-6-7-9-15(12)18-13(2)16-10-11-17(4,5)19(16)14(18)3/h6-11,13-14,16H,1-5H3/t13-,14?,16?/m0/s1/i3D3. The van der Waals surface area contributed by atoms with Gasteiger partial charge in [-0.05, 0) is 46.2 Å². The molecule has 2 aliphatic heterocycles. The first-order valence-electron chi connectivity index (χ1n) is 8.46. The second-order valence-electron chi connectivity index (χ2n) is 6.22. The van der Waals surface area contributed by atoms with Crippen LogP contribution in [0.4, 0.5) is 5.69 Å². The summed E-state index contributed by atoms with van der Waals surface area (Å²) in [4.78, 5) is 4.25. The van der Waals surface area contributed by atoms with Crippen molar-refractivity contribution in [3.63, 3.8) is 0 Å². The molecule has 2 heteroatoms. The highest BCUT2D eigenvalue weighted by atomic mass is 15.5. The first kappa shape index (κ1) is 9.60. The van der Waals surface area contributed by atoms with E-state index in [0.717, 1.165) is 11.3 Å². The van der Waals surface area contributed by atoms with Gasteiger partial charge in [-0.15, -0.1) is 0 Å². The summed E-state index contributed by atoms with van der Waals surface area (Å²) < 4.78 is 24.4. The largest absolute Gasteiger partial charge is 0.351 e. The van der Waals surface area contributed by atoms with Crippen LogP contribution in [0.15, 0.2) is 36.4 Å². The zero-order valence-corrected chi connectivity index (χ0v) is 12.1. The summed E-state index contributed by atoms with van der Waals surface area (Å²) in [6.07, 6.45) is 3.71. The van der Waals surface area contributed by atoms with Crippen LogP contribution >= 0.6 is 0 Å². The number of benzene rings is 1. The second kappa shape index (κ2) is 4.11. The molecule has 3 atom stereocenters. The predicted octanol–water partition coefficient (Wildman–Crippen LogP) is 3.57. The molecule has 1 aromatic rings. The van der Waals surface area contributed by atoms with Crippen molar-refractivity contribution in [3.8, 4) is 0 Å². The molecule has 2 nitrogen and oxygen atoms in total. The molecule has 0 aromatic heterocycles. The molecule has 2 aliphatic rings. The fourth-order valence-corrected chi connectivity index (χ4v) is 3.49. The van der Waals surface area contributed by atoms with E-state index in [0.29, 0.717) is 0 Å². The first-order chi connectivity index (χ1) is 10.1. The molecule has 1 aromatic carbocycles. The number of hydrogen-bond donors (Lipinski definition) is 0. The minimum atomic E-state index is -2.06. The third kappa shape index (κ3) is 1.73. The fraction of sp³-hybridized carbons (Fsp3) is 0.529. The van der Waals surface area contributed by atoms with Crippen LogP contribution in [0.5, 0.6) is 0 Å². The van der Waals surface area contributed by atoms with Gasteiger partial charge in [0.2, 0.25) is 0 Å². The van der Waals surface area contributed by atoms with Crippen molar-refractivity contribution in [3.05, 3.63) is 42.0 Å². The summed E-state index contributed by atoms with van der Waals surface area (Å²) in [6.45, 7) is 6.30. The second-order valence-corrected chi connectivity index (χ2v) is 6.22. The molecule has 0 radical (unpaired) electrons. The number of rotatable bonds is 1. The van der Waals surface area contributed by atoms with Gasteiger partial charge in [0.25, 0.3) is 0 Å². The van der Waals surface area contributed by atoms with Gasteiger partial charge >= 0.3 is 0 Å². The maximum Gasteiger partial charge on any atom is 0.0808 e. The third-order valence-corrected chi connectivity index (χ3v) is 4.54. The van der Waals surface area contributed by atoms with E-state index < -0.39 is 13.0 Å². The number of fused-ring (bicyclic) bond motifs is 1. The Balaban J connectivity index is 2.13. The van der Waals surface area contributed by atoms with Crippen molar-refractivity contribution in [1.29, 1.82) is 0 Å². The summed E-state index contributed by atoms with van der Waals surface area (Å²) in [6, 6.07) is 8.32. The molecule has 0 amide bonds. The van der Waals surface area contributed by atoms with E-state index in [2.05, 4.69) is 42.7 Å². The first-order valence-corrected chi connectivity index (χ1v) is 6.96. The van der Waals surface area contributed by atoms with Crippen molar-refractivity contribution in [1.82, 2.24) is 4.90 Å². The molecule has 1 saturated heterocycles. The monoisotopic (exact) mass is 259 g/mol. The summed E-state index contributed by atoms with van der Waals surface area (Å²) in [7, 11) is 0. The van der Waals surface area contributed by atoms with Crippen LogP contribution in [0.25, 0.3) is 0 Å². The molecular formula is C17H24N2. The van der Waals surface area contributed by atoms with Gasteiger partial charge < -0.3 is 4.90 Å². The molecular weight excluding hydrogens is 232 g/mol. The maximum absolute atomic E-state index is 8.12.